The number of carbonyl (C=O) groups excluding carboxylic acids is 1. The average Bonchev–Trinajstić information content (AvgIpc) is 2.80. The van der Waals surface area contributed by atoms with Gasteiger partial charge >= 0.3 is 6.09 Å². The van der Waals surface area contributed by atoms with Crippen LogP contribution >= 0.6 is 11.6 Å². The summed E-state index contributed by atoms with van der Waals surface area (Å²) in [5.41, 5.74) is 1.88. The first-order valence-corrected chi connectivity index (χ1v) is 10.1. The molecule has 156 valence electrons. The highest BCUT2D eigenvalue weighted by Crippen LogP contribution is 2.40. The van der Waals surface area contributed by atoms with Gasteiger partial charge in [-0.25, -0.2) is 9.18 Å². The molecule has 2 fully saturated rings. The number of nitrogens with one attached hydrogen (secondary N) is 1. The molecule has 2 bridgehead atoms. The molecule has 2 saturated heterocycles. The molecule has 0 radical (unpaired) electrons. The Hall–Kier alpha value is -1.63. The van der Waals surface area contributed by atoms with Crippen molar-refractivity contribution in [2.45, 2.75) is 43.9 Å². The zero-order valence-corrected chi connectivity index (χ0v) is 18.8. The summed E-state index contributed by atoms with van der Waals surface area (Å²) in [6.07, 6.45) is 3.49. The number of piperidine rings is 1. The van der Waals surface area contributed by atoms with Crippen LogP contribution in [0.25, 0.3) is 11.1 Å². The Morgan fingerprint density at radius 2 is 1.83 bits per heavy atom. The maximum absolute atomic E-state index is 13.8. The van der Waals surface area contributed by atoms with Gasteiger partial charge in [-0.15, -0.1) is 0 Å². The van der Waals surface area contributed by atoms with E-state index in [1.165, 1.54) is 25.0 Å². The van der Waals surface area contributed by atoms with E-state index in [1.807, 2.05) is 12.1 Å². The molecule has 1 N–H and O–H groups in total. The van der Waals surface area contributed by atoms with Crippen LogP contribution in [0.1, 0.15) is 25.7 Å². The van der Waals surface area contributed by atoms with Crippen LogP contribution < -0.4 is 22.3 Å². The molecule has 0 saturated carbocycles. The van der Waals surface area contributed by atoms with E-state index < -0.39 is 11.9 Å². The van der Waals surface area contributed by atoms with Crippen LogP contribution in [-0.2, 0) is 4.74 Å². The molecular formula is C22H25BrClFN2O2. The quantitative estimate of drug-likeness (QED) is 0.681. The van der Waals surface area contributed by atoms with E-state index in [0.29, 0.717) is 28.4 Å². The number of amides is 1. The number of halogens is 3. The van der Waals surface area contributed by atoms with Crippen molar-refractivity contribution in [1.29, 1.82) is 0 Å². The summed E-state index contributed by atoms with van der Waals surface area (Å²) >= 11 is 6.08. The molecule has 4 nitrogen and oxygen atoms in total. The van der Waals surface area contributed by atoms with E-state index >= 15 is 0 Å². The number of hydrogen-bond acceptors (Lipinski definition) is 2. The Morgan fingerprint density at radius 3 is 2.48 bits per heavy atom. The molecule has 7 heteroatoms. The minimum Gasteiger partial charge on any atom is -1.00 e. The van der Waals surface area contributed by atoms with Gasteiger partial charge in [-0.05, 0) is 35.9 Å². The van der Waals surface area contributed by atoms with Crippen LogP contribution in [0.3, 0.4) is 0 Å². The summed E-state index contributed by atoms with van der Waals surface area (Å²) in [5.74, 6) is -0.421. The van der Waals surface area contributed by atoms with Gasteiger partial charge in [-0.3, -0.25) is 5.32 Å². The van der Waals surface area contributed by atoms with E-state index in [1.54, 1.807) is 18.2 Å². The number of fused-ring (bicyclic) bond motifs is 2. The number of hydrogen-bond donors (Lipinski definition) is 1. The maximum Gasteiger partial charge on any atom is 0.411 e. The second-order valence-corrected chi connectivity index (χ2v) is 8.77. The first kappa shape index (κ1) is 22.1. The molecule has 3 atom stereocenters. The number of carbonyl (C=O) groups is 1. The monoisotopic (exact) mass is 482 g/mol. The van der Waals surface area contributed by atoms with Gasteiger partial charge in [0.25, 0.3) is 0 Å². The Kier molecular flexibility index (Phi) is 6.56. The van der Waals surface area contributed by atoms with Gasteiger partial charge in [-0.2, -0.15) is 0 Å². The van der Waals surface area contributed by atoms with Crippen molar-refractivity contribution in [2.24, 2.45) is 0 Å². The maximum atomic E-state index is 13.8. The molecule has 2 heterocycles. The number of anilines is 1. The van der Waals surface area contributed by atoms with Gasteiger partial charge in [0, 0.05) is 36.3 Å². The van der Waals surface area contributed by atoms with Crippen molar-refractivity contribution in [3.8, 4) is 11.1 Å². The summed E-state index contributed by atoms with van der Waals surface area (Å²) in [6, 6.07) is 12.6. The number of quaternary nitrogens is 1. The lowest BCUT2D eigenvalue weighted by Crippen LogP contribution is -3.00. The second-order valence-electron chi connectivity index (χ2n) is 8.34. The molecule has 1 amide bonds. The smallest absolute Gasteiger partial charge is 0.411 e. The summed E-state index contributed by atoms with van der Waals surface area (Å²) in [4.78, 5) is 12.6. The summed E-state index contributed by atoms with van der Waals surface area (Å²) in [6.45, 7) is 0. The predicted octanol–water partition coefficient (Wildman–Crippen LogP) is 2.47. The fourth-order valence-electron chi connectivity index (χ4n) is 4.75. The lowest BCUT2D eigenvalue weighted by molar-refractivity contribution is -0.931. The third-order valence-corrected chi connectivity index (χ3v) is 6.65. The third kappa shape index (κ3) is 4.60. The molecule has 1 unspecified atom stereocenters. The molecule has 29 heavy (non-hydrogen) atoms. The molecule has 2 aromatic carbocycles. The standard InChI is InChI=1S/C22H24ClFN2O2.BrH/c1-26(2)17-7-8-18(26)13-19(12-17)28-22(27)25-21-11-16(24)6-9-20(21)14-4-3-5-15(23)10-14;/h3-6,9-11,17-19H,7-8,12-13H2,1-2H3;1H/t17-,18+,19?;. The zero-order chi connectivity index (χ0) is 19.9. The Bertz CT molecular complexity index is 892. The molecule has 2 aromatic rings. The topological polar surface area (TPSA) is 38.3 Å². The number of rotatable bonds is 3. The van der Waals surface area contributed by atoms with Gasteiger partial charge in [-0.1, -0.05) is 23.7 Å². The Morgan fingerprint density at radius 1 is 1.14 bits per heavy atom. The normalized spacial score (nSPS) is 24.5. The van der Waals surface area contributed by atoms with E-state index in [0.717, 1.165) is 22.9 Å². The van der Waals surface area contributed by atoms with Crippen molar-refractivity contribution in [1.82, 2.24) is 0 Å². The average molecular weight is 484 g/mol. The van der Waals surface area contributed by atoms with Gasteiger partial charge in [0.1, 0.15) is 11.9 Å². The second kappa shape index (κ2) is 8.62. The summed E-state index contributed by atoms with van der Waals surface area (Å²) in [7, 11) is 4.53. The van der Waals surface area contributed by atoms with E-state index in [-0.39, 0.29) is 23.1 Å². The van der Waals surface area contributed by atoms with Crippen molar-refractivity contribution in [3.63, 3.8) is 0 Å². The van der Waals surface area contributed by atoms with Crippen LogP contribution in [0.4, 0.5) is 14.9 Å². The van der Waals surface area contributed by atoms with Crippen LogP contribution in [0.5, 0.6) is 0 Å². The van der Waals surface area contributed by atoms with Crippen LogP contribution in [0.15, 0.2) is 42.5 Å². The largest absolute Gasteiger partial charge is 1.00 e. The van der Waals surface area contributed by atoms with Crippen molar-refractivity contribution in [3.05, 3.63) is 53.3 Å². The molecule has 0 spiro atoms. The highest BCUT2D eigenvalue weighted by atomic mass is 79.9. The molecular weight excluding hydrogens is 459 g/mol. The summed E-state index contributed by atoms with van der Waals surface area (Å²) < 4.78 is 20.6. The van der Waals surface area contributed by atoms with Crippen molar-refractivity contribution < 1.29 is 35.4 Å². The first-order chi connectivity index (χ1) is 13.3. The number of ether oxygens (including phenoxy) is 1. The highest BCUT2D eigenvalue weighted by molar-refractivity contribution is 6.30. The number of nitrogens with zero attached hydrogens (tertiary/aromatic N) is 1. The Labute approximate surface area is 186 Å². The van der Waals surface area contributed by atoms with Crippen molar-refractivity contribution >= 4 is 23.4 Å². The molecule has 4 rings (SSSR count). The predicted molar refractivity (Wildman–Crippen MR) is 109 cm³/mol. The van der Waals surface area contributed by atoms with Crippen LogP contribution in [-0.4, -0.2) is 42.9 Å². The van der Waals surface area contributed by atoms with E-state index in [4.69, 9.17) is 16.3 Å². The van der Waals surface area contributed by atoms with Crippen LogP contribution in [0.2, 0.25) is 5.02 Å². The minimum absolute atomic E-state index is 0. The Balaban J connectivity index is 0.00000240. The fraction of sp³-hybridized carbons (Fsp3) is 0.409. The first-order valence-electron chi connectivity index (χ1n) is 9.69. The molecule has 2 aliphatic heterocycles. The highest BCUT2D eigenvalue weighted by Gasteiger charge is 2.49. The van der Waals surface area contributed by atoms with E-state index in [2.05, 4.69) is 19.4 Å². The van der Waals surface area contributed by atoms with Crippen LogP contribution in [0, 0.1) is 5.82 Å². The lowest BCUT2D eigenvalue weighted by Gasteiger charge is -2.43. The van der Waals surface area contributed by atoms with E-state index in [9.17, 15) is 9.18 Å². The fourth-order valence-corrected chi connectivity index (χ4v) is 4.94. The zero-order valence-electron chi connectivity index (χ0n) is 16.5. The lowest BCUT2D eigenvalue weighted by atomic mass is 9.98. The van der Waals surface area contributed by atoms with Gasteiger partial charge < -0.3 is 26.2 Å². The molecule has 0 aromatic heterocycles. The number of benzene rings is 2. The SMILES string of the molecule is C[N+]1(C)[C@@H]2CC[C@H]1CC(OC(=O)Nc1cc(F)ccc1-c1cccc(Cl)c1)C2.[Br-]. The van der Waals surface area contributed by atoms with Gasteiger partial charge in [0.15, 0.2) is 0 Å². The van der Waals surface area contributed by atoms with Gasteiger partial charge in [0.2, 0.25) is 0 Å². The minimum atomic E-state index is -0.537. The third-order valence-electron chi connectivity index (χ3n) is 6.41. The summed E-state index contributed by atoms with van der Waals surface area (Å²) in [5, 5.41) is 3.32. The molecule has 2 aliphatic rings. The van der Waals surface area contributed by atoms with Gasteiger partial charge in [0.05, 0.1) is 31.9 Å². The van der Waals surface area contributed by atoms with Crippen molar-refractivity contribution in [2.75, 3.05) is 19.4 Å². The molecule has 0 aliphatic carbocycles.